The molecule has 1 rings (SSSR count). The van der Waals surface area contributed by atoms with E-state index in [1.54, 1.807) is 6.07 Å². The first kappa shape index (κ1) is 13.6. The summed E-state index contributed by atoms with van der Waals surface area (Å²) in [5, 5.41) is 8.68. The van der Waals surface area contributed by atoms with E-state index in [1.807, 2.05) is 11.8 Å². The second-order valence-corrected chi connectivity index (χ2v) is 3.66. The zero-order chi connectivity index (χ0) is 12.8. The van der Waals surface area contributed by atoms with Crippen LogP contribution in [0.25, 0.3) is 0 Å². The normalized spacial score (nSPS) is 10.6. The minimum absolute atomic E-state index is 0.0700. The first-order valence-electron chi connectivity index (χ1n) is 5.43. The fourth-order valence-electron chi connectivity index (χ4n) is 1.58. The Bertz CT molecular complexity index is 426. The van der Waals surface area contributed by atoms with E-state index < -0.39 is 11.6 Å². The minimum atomic E-state index is -0.775. The fraction of sp³-hybridized carbons (Fsp3) is 0.417. The van der Waals surface area contributed by atoms with Gasteiger partial charge < -0.3 is 5.73 Å². The summed E-state index contributed by atoms with van der Waals surface area (Å²) in [4.78, 5) is 1.82. The second-order valence-electron chi connectivity index (χ2n) is 3.66. The Kier molecular flexibility index (Phi) is 5.01. The molecule has 0 fully saturated rings. The van der Waals surface area contributed by atoms with Crippen LogP contribution in [0, 0.1) is 23.0 Å². The molecule has 0 saturated carbocycles. The average molecular weight is 239 g/mol. The van der Waals surface area contributed by atoms with Crippen molar-refractivity contribution in [2.24, 2.45) is 5.73 Å². The van der Waals surface area contributed by atoms with Crippen molar-refractivity contribution >= 4 is 0 Å². The van der Waals surface area contributed by atoms with E-state index >= 15 is 0 Å². The molecule has 0 atom stereocenters. The van der Waals surface area contributed by atoms with Crippen molar-refractivity contribution in [3.63, 3.8) is 0 Å². The Balaban J connectivity index is 3.01. The van der Waals surface area contributed by atoms with Gasteiger partial charge in [0.2, 0.25) is 0 Å². The van der Waals surface area contributed by atoms with E-state index in [2.05, 4.69) is 0 Å². The van der Waals surface area contributed by atoms with Gasteiger partial charge >= 0.3 is 0 Å². The first-order valence-corrected chi connectivity index (χ1v) is 5.43. The van der Waals surface area contributed by atoms with Gasteiger partial charge in [-0.2, -0.15) is 5.26 Å². The molecule has 92 valence electrons. The Morgan fingerprint density at radius 2 is 2.12 bits per heavy atom. The van der Waals surface area contributed by atoms with Gasteiger partial charge in [0.05, 0.1) is 5.56 Å². The molecular weight excluding hydrogens is 224 g/mol. The highest BCUT2D eigenvalue weighted by Gasteiger charge is 2.15. The van der Waals surface area contributed by atoms with E-state index in [9.17, 15) is 8.78 Å². The molecule has 1 aromatic carbocycles. The van der Waals surface area contributed by atoms with Gasteiger partial charge in [0.25, 0.3) is 0 Å². The van der Waals surface area contributed by atoms with Crippen molar-refractivity contribution in [1.29, 1.82) is 5.26 Å². The lowest BCUT2D eigenvalue weighted by Crippen LogP contribution is -2.29. The summed E-state index contributed by atoms with van der Waals surface area (Å²) in [7, 11) is 0. The third-order valence-corrected chi connectivity index (χ3v) is 2.58. The number of likely N-dealkylation sites (N-methyl/N-ethyl adjacent to an activating group) is 1. The van der Waals surface area contributed by atoms with Crippen LogP contribution in [0.4, 0.5) is 8.78 Å². The van der Waals surface area contributed by atoms with Crippen molar-refractivity contribution in [3.8, 4) is 6.07 Å². The molecule has 2 N–H and O–H groups in total. The quantitative estimate of drug-likeness (QED) is 0.849. The number of benzene rings is 1. The standard InChI is InChI=1S/C12H15F2N3/c1-2-17(6-5-15)8-10-11(13)4-3-9(7-16)12(10)14/h3-4H,2,5-6,8,15H2,1H3. The second kappa shape index (κ2) is 6.28. The van der Waals surface area contributed by atoms with Crippen molar-refractivity contribution < 1.29 is 8.78 Å². The zero-order valence-electron chi connectivity index (χ0n) is 9.71. The number of nitrogens with zero attached hydrogens (tertiary/aromatic N) is 2. The summed E-state index contributed by atoms with van der Waals surface area (Å²) in [6.45, 7) is 3.65. The highest BCUT2D eigenvalue weighted by Crippen LogP contribution is 2.18. The van der Waals surface area contributed by atoms with Crippen molar-refractivity contribution in [2.45, 2.75) is 13.5 Å². The monoisotopic (exact) mass is 239 g/mol. The number of nitrogens with two attached hydrogens (primary N) is 1. The summed E-state index contributed by atoms with van der Waals surface area (Å²) in [6.07, 6.45) is 0. The van der Waals surface area contributed by atoms with Gasteiger partial charge in [0.15, 0.2) is 0 Å². The predicted octanol–water partition coefficient (Wildman–Crippen LogP) is 1.62. The lowest BCUT2D eigenvalue weighted by molar-refractivity contribution is 0.278. The maximum Gasteiger partial charge on any atom is 0.148 e. The van der Waals surface area contributed by atoms with Crippen LogP contribution >= 0.6 is 0 Å². The van der Waals surface area contributed by atoms with E-state index in [4.69, 9.17) is 11.0 Å². The molecule has 0 radical (unpaired) electrons. The molecule has 1 aromatic rings. The topological polar surface area (TPSA) is 53.0 Å². The highest BCUT2D eigenvalue weighted by atomic mass is 19.1. The summed E-state index contributed by atoms with van der Waals surface area (Å²) < 4.78 is 27.2. The van der Waals surface area contributed by atoms with Crippen LogP contribution in [0.2, 0.25) is 0 Å². The molecule has 0 heterocycles. The summed E-state index contributed by atoms with van der Waals surface area (Å²) in [5.41, 5.74) is 5.21. The molecule has 0 amide bonds. The molecule has 0 aliphatic heterocycles. The highest BCUT2D eigenvalue weighted by molar-refractivity contribution is 5.35. The van der Waals surface area contributed by atoms with Gasteiger partial charge in [-0.15, -0.1) is 0 Å². The lowest BCUT2D eigenvalue weighted by atomic mass is 10.1. The number of hydrogen-bond acceptors (Lipinski definition) is 3. The Morgan fingerprint density at radius 3 is 2.65 bits per heavy atom. The van der Waals surface area contributed by atoms with Crippen LogP contribution in [-0.2, 0) is 6.54 Å². The zero-order valence-corrected chi connectivity index (χ0v) is 9.71. The van der Waals surface area contributed by atoms with Crippen molar-refractivity contribution in [2.75, 3.05) is 19.6 Å². The maximum absolute atomic E-state index is 13.8. The number of halogens is 2. The largest absolute Gasteiger partial charge is 0.329 e. The molecule has 0 bridgehead atoms. The number of rotatable bonds is 5. The van der Waals surface area contributed by atoms with Gasteiger partial charge in [0, 0.05) is 25.2 Å². The molecule has 0 aliphatic rings. The Morgan fingerprint density at radius 1 is 1.41 bits per heavy atom. The predicted molar refractivity (Wildman–Crippen MR) is 61.1 cm³/mol. The number of nitriles is 1. The average Bonchev–Trinajstić information content (AvgIpc) is 2.33. The van der Waals surface area contributed by atoms with E-state index in [1.165, 1.54) is 0 Å². The van der Waals surface area contributed by atoms with Gasteiger partial charge in [0.1, 0.15) is 17.7 Å². The SMILES string of the molecule is CCN(CCN)Cc1c(F)ccc(C#N)c1F. The third-order valence-electron chi connectivity index (χ3n) is 2.58. The van der Waals surface area contributed by atoms with E-state index in [-0.39, 0.29) is 17.7 Å². The Hall–Kier alpha value is -1.51. The lowest BCUT2D eigenvalue weighted by Gasteiger charge is -2.20. The van der Waals surface area contributed by atoms with Crippen LogP contribution in [0.3, 0.4) is 0 Å². The van der Waals surface area contributed by atoms with Crippen LogP contribution in [-0.4, -0.2) is 24.5 Å². The van der Waals surface area contributed by atoms with Crippen molar-refractivity contribution in [1.82, 2.24) is 4.90 Å². The smallest absolute Gasteiger partial charge is 0.148 e. The summed E-state index contributed by atoms with van der Waals surface area (Å²) in [6, 6.07) is 3.97. The Labute approximate surface area is 99.4 Å². The van der Waals surface area contributed by atoms with E-state index in [0.717, 1.165) is 12.1 Å². The molecule has 3 nitrogen and oxygen atoms in total. The molecule has 0 spiro atoms. The van der Waals surface area contributed by atoms with E-state index in [0.29, 0.717) is 19.6 Å². The number of hydrogen-bond donors (Lipinski definition) is 1. The fourth-order valence-corrected chi connectivity index (χ4v) is 1.58. The van der Waals surface area contributed by atoms with Crippen LogP contribution in [0.15, 0.2) is 12.1 Å². The van der Waals surface area contributed by atoms with Crippen LogP contribution in [0.5, 0.6) is 0 Å². The molecule has 17 heavy (non-hydrogen) atoms. The molecule has 0 unspecified atom stereocenters. The summed E-state index contributed by atoms with van der Waals surface area (Å²) in [5.74, 6) is -1.40. The molecule has 5 heteroatoms. The first-order chi connectivity index (χ1) is 8.13. The van der Waals surface area contributed by atoms with Gasteiger partial charge in [-0.1, -0.05) is 6.92 Å². The summed E-state index contributed by atoms with van der Waals surface area (Å²) >= 11 is 0. The molecule has 0 aliphatic carbocycles. The minimum Gasteiger partial charge on any atom is -0.329 e. The molecular formula is C12H15F2N3. The molecule has 0 saturated heterocycles. The van der Waals surface area contributed by atoms with Crippen LogP contribution in [0.1, 0.15) is 18.1 Å². The van der Waals surface area contributed by atoms with Gasteiger partial charge in [-0.25, -0.2) is 8.78 Å². The maximum atomic E-state index is 13.8. The molecule has 0 aromatic heterocycles. The van der Waals surface area contributed by atoms with Gasteiger partial charge in [-0.3, -0.25) is 4.90 Å². The van der Waals surface area contributed by atoms with Crippen molar-refractivity contribution in [3.05, 3.63) is 34.9 Å². The van der Waals surface area contributed by atoms with Crippen LogP contribution < -0.4 is 5.73 Å². The third kappa shape index (κ3) is 3.22. The van der Waals surface area contributed by atoms with Gasteiger partial charge in [-0.05, 0) is 18.7 Å².